The normalized spacial score (nSPS) is 14.7. The van der Waals surface area contributed by atoms with Crippen molar-refractivity contribution in [1.29, 1.82) is 0 Å². The highest BCUT2D eigenvalue weighted by molar-refractivity contribution is 7.17. The quantitative estimate of drug-likeness (QED) is 0.540. The summed E-state index contributed by atoms with van der Waals surface area (Å²) in [5.41, 5.74) is 1.86. The van der Waals surface area contributed by atoms with Crippen LogP contribution in [-0.4, -0.2) is 41.1 Å². The van der Waals surface area contributed by atoms with Crippen LogP contribution in [0, 0.1) is 0 Å². The molecule has 0 radical (unpaired) electrons. The first kappa shape index (κ1) is 23.2. The molecule has 3 aromatic rings. The maximum Gasteiger partial charge on any atom is 0.341 e. The van der Waals surface area contributed by atoms with Gasteiger partial charge >= 0.3 is 11.9 Å². The molecule has 1 aliphatic heterocycles. The number of carbonyl (C=O) groups is 3. The van der Waals surface area contributed by atoms with Crippen molar-refractivity contribution in [2.75, 3.05) is 19.0 Å². The number of fused-ring (bicyclic) bond motifs is 3. The Morgan fingerprint density at radius 1 is 1.09 bits per heavy atom. The molecule has 0 saturated heterocycles. The predicted octanol–water partition coefficient (Wildman–Crippen LogP) is 3.26. The van der Waals surface area contributed by atoms with E-state index in [1.165, 1.54) is 30.6 Å². The predicted molar refractivity (Wildman–Crippen MR) is 130 cm³/mol. The Labute approximate surface area is 205 Å². The van der Waals surface area contributed by atoms with Gasteiger partial charge in [0.15, 0.2) is 6.61 Å². The van der Waals surface area contributed by atoms with Crippen molar-refractivity contribution < 1.29 is 23.9 Å². The number of methoxy groups -OCH3 is 1. The van der Waals surface area contributed by atoms with Gasteiger partial charge in [0.25, 0.3) is 11.5 Å². The van der Waals surface area contributed by atoms with Gasteiger partial charge in [0.2, 0.25) is 0 Å². The first-order chi connectivity index (χ1) is 17.0. The zero-order chi connectivity index (χ0) is 24.5. The highest BCUT2D eigenvalue weighted by atomic mass is 32.1. The molecule has 1 amide bonds. The number of aromatic nitrogens is 2. The third-order valence-electron chi connectivity index (χ3n) is 6.45. The SMILES string of the molecule is COC(=O)c1c(NC(=O)COC(=O)c2ccc3c(=O)n4c(nc3c2)CCCCC4)sc2c1CCC2. The van der Waals surface area contributed by atoms with Crippen LogP contribution in [0.2, 0.25) is 0 Å². The third kappa shape index (κ3) is 4.45. The number of hydrogen-bond donors (Lipinski definition) is 1. The Bertz CT molecular complexity index is 1410. The Morgan fingerprint density at radius 3 is 2.77 bits per heavy atom. The smallest absolute Gasteiger partial charge is 0.341 e. The molecule has 5 rings (SSSR count). The van der Waals surface area contributed by atoms with E-state index in [0.717, 1.165) is 61.2 Å². The van der Waals surface area contributed by atoms with E-state index in [9.17, 15) is 19.2 Å². The second kappa shape index (κ2) is 9.61. The number of amides is 1. The number of carbonyl (C=O) groups excluding carboxylic acids is 3. The monoisotopic (exact) mass is 495 g/mol. The van der Waals surface area contributed by atoms with Crippen molar-refractivity contribution in [3.05, 3.63) is 55.9 Å². The van der Waals surface area contributed by atoms with E-state index in [1.54, 1.807) is 10.6 Å². The van der Waals surface area contributed by atoms with E-state index in [2.05, 4.69) is 10.3 Å². The average molecular weight is 496 g/mol. The van der Waals surface area contributed by atoms with Gasteiger partial charge in [0, 0.05) is 17.8 Å². The molecule has 0 saturated carbocycles. The largest absolute Gasteiger partial charge is 0.465 e. The lowest BCUT2D eigenvalue weighted by Crippen LogP contribution is -2.25. The molecule has 2 aliphatic rings. The number of rotatable bonds is 5. The van der Waals surface area contributed by atoms with Crippen molar-refractivity contribution in [2.24, 2.45) is 0 Å². The molecule has 182 valence electrons. The summed E-state index contributed by atoms with van der Waals surface area (Å²) in [5, 5.41) is 3.55. The summed E-state index contributed by atoms with van der Waals surface area (Å²) in [6, 6.07) is 4.62. The van der Waals surface area contributed by atoms with Crippen LogP contribution in [-0.2, 0) is 40.1 Å². The molecule has 35 heavy (non-hydrogen) atoms. The average Bonchev–Trinajstić information content (AvgIpc) is 3.34. The van der Waals surface area contributed by atoms with Gasteiger partial charge in [-0.2, -0.15) is 0 Å². The first-order valence-electron chi connectivity index (χ1n) is 11.7. The van der Waals surface area contributed by atoms with Gasteiger partial charge in [0.1, 0.15) is 10.8 Å². The maximum absolute atomic E-state index is 12.9. The van der Waals surface area contributed by atoms with Gasteiger partial charge in [-0.25, -0.2) is 14.6 Å². The van der Waals surface area contributed by atoms with Crippen LogP contribution in [0.25, 0.3) is 10.9 Å². The van der Waals surface area contributed by atoms with E-state index in [1.807, 2.05) is 0 Å². The van der Waals surface area contributed by atoms with Gasteiger partial charge < -0.3 is 14.8 Å². The Balaban J connectivity index is 1.29. The van der Waals surface area contributed by atoms with Crippen molar-refractivity contribution in [3.8, 4) is 0 Å². The highest BCUT2D eigenvalue weighted by Crippen LogP contribution is 2.39. The number of ether oxygens (including phenoxy) is 2. The molecular formula is C25H25N3O6S. The number of benzene rings is 1. The van der Waals surface area contributed by atoms with E-state index in [4.69, 9.17) is 9.47 Å². The Kier molecular flexibility index (Phi) is 6.38. The third-order valence-corrected chi connectivity index (χ3v) is 7.66. The summed E-state index contributed by atoms with van der Waals surface area (Å²) in [6.07, 6.45) is 6.28. The second-order valence-corrected chi connectivity index (χ2v) is 9.81. The van der Waals surface area contributed by atoms with Crippen molar-refractivity contribution in [3.63, 3.8) is 0 Å². The molecule has 0 bridgehead atoms. The molecule has 2 aromatic heterocycles. The summed E-state index contributed by atoms with van der Waals surface area (Å²) in [7, 11) is 1.30. The topological polar surface area (TPSA) is 117 Å². The van der Waals surface area contributed by atoms with Crippen molar-refractivity contribution in [1.82, 2.24) is 9.55 Å². The van der Waals surface area contributed by atoms with E-state index >= 15 is 0 Å². The van der Waals surface area contributed by atoms with Crippen molar-refractivity contribution in [2.45, 2.75) is 51.5 Å². The Hall–Kier alpha value is -3.53. The van der Waals surface area contributed by atoms with Crippen LogP contribution in [0.5, 0.6) is 0 Å². The lowest BCUT2D eigenvalue weighted by Gasteiger charge is -2.11. The van der Waals surface area contributed by atoms with E-state index in [0.29, 0.717) is 28.0 Å². The van der Waals surface area contributed by atoms with Gasteiger partial charge in [-0.3, -0.25) is 14.2 Å². The summed E-state index contributed by atoms with van der Waals surface area (Å²) in [4.78, 5) is 55.9. The number of anilines is 1. The van der Waals surface area contributed by atoms with Gasteiger partial charge in [0.05, 0.1) is 29.1 Å². The number of nitrogens with zero attached hydrogens (tertiary/aromatic N) is 2. The van der Waals surface area contributed by atoms with Gasteiger partial charge in [-0.1, -0.05) is 6.42 Å². The van der Waals surface area contributed by atoms with Gasteiger partial charge in [-0.05, 0) is 55.9 Å². The lowest BCUT2D eigenvalue weighted by molar-refractivity contribution is -0.119. The molecule has 1 N–H and O–H groups in total. The molecule has 1 aliphatic carbocycles. The molecule has 10 heteroatoms. The maximum atomic E-state index is 12.9. The minimum Gasteiger partial charge on any atom is -0.465 e. The summed E-state index contributed by atoms with van der Waals surface area (Å²) >= 11 is 1.35. The van der Waals surface area contributed by atoms with Crippen LogP contribution in [0.1, 0.15) is 62.7 Å². The number of thiophene rings is 1. The zero-order valence-corrected chi connectivity index (χ0v) is 20.2. The molecular weight excluding hydrogens is 470 g/mol. The standard InChI is InChI=1S/C25H25N3O6S/c1-33-25(32)21-16-6-5-7-18(16)35-22(21)27-20(29)13-34-24(31)14-9-10-15-17(12-14)26-19-8-3-2-4-11-28(19)23(15)30/h9-10,12H,2-8,11,13H2,1H3,(H,27,29). The molecule has 0 unspecified atom stereocenters. The van der Waals surface area contributed by atoms with Crippen molar-refractivity contribution >= 4 is 45.1 Å². The minimum atomic E-state index is -0.694. The summed E-state index contributed by atoms with van der Waals surface area (Å²) in [6.45, 7) is 0.140. The fraction of sp³-hybridized carbons (Fsp3) is 0.400. The number of aryl methyl sites for hydroxylation is 2. The number of esters is 2. The van der Waals surface area contributed by atoms with Crippen LogP contribution in [0.4, 0.5) is 5.00 Å². The molecule has 0 atom stereocenters. The van der Waals surface area contributed by atoms with Crippen LogP contribution in [0.3, 0.4) is 0 Å². The molecule has 3 heterocycles. The summed E-state index contributed by atoms with van der Waals surface area (Å²) in [5.74, 6) is -1.00. The zero-order valence-electron chi connectivity index (χ0n) is 19.3. The minimum absolute atomic E-state index is 0.101. The fourth-order valence-corrected chi connectivity index (χ4v) is 6.03. The van der Waals surface area contributed by atoms with E-state index in [-0.39, 0.29) is 11.1 Å². The first-order valence-corrected chi connectivity index (χ1v) is 12.5. The number of nitrogens with one attached hydrogen (secondary N) is 1. The fourth-order valence-electron chi connectivity index (χ4n) is 4.73. The molecule has 1 aromatic carbocycles. The van der Waals surface area contributed by atoms with E-state index < -0.39 is 24.5 Å². The molecule has 0 fully saturated rings. The molecule has 9 nitrogen and oxygen atoms in total. The number of hydrogen-bond acceptors (Lipinski definition) is 8. The molecule has 0 spiro atoms. The highest BCUT2D eigenvalue weighted by Gasteiger charge is 2.28. The Morgan fingerprint density at radius 2 is 1.94 bits per heavy atom. The summed E-state index contributed by atoms with van der Waals surface area (Å²) < 4.78 is 11.8. The van der Waals surface area contributed by atoms with Crippen LogP contribution >= 0.6 is 11.3 Å². The second-order valence-electron chi connectivity index (χ2n) is 8.70. The lowest BCUT2D eigenvalue weighted by atomic mass is 10.1. The van der Waals surface area contributed by atoms with Gasteiger partial charge in [-0.15, -0.1) is 11.3 Å². The van der Waals surface area contributed by atoms with Crippen LogP contribution in [0.15, 0.2) is 23.0 Å². The van der Waals surface area contributed by atoms with Crippen LogP contribution < -0.4 is 10.9 Å².